The first kappa shape index (κ1) is 18.8. The molecule has 0 aliphatic carbocycles. The van der Waals surface area contributed by atoms with Crippen molar-refractivity contribution in [1.82, 2.24) is 9.88 Å². The maximum Gasteiger partial charge on any atom is 0.251 e. The second-order valence-electron chi connectivity index (χ2n) is 6.57. The Morgan fingerprint density at radius 3 is 2.65 bits per heavy atom. The first-order valence-corrected chi connectivity index (χ1v) is 9.16. The lowest BCUT2D eigenvalue weighted by molar-refractivity contribution is -0.144. The van der Waals surface area contributed by atoms with Gasteiger partial charge in [0.25, 0.3) is 5.91 Å². The van der Waals surface area contributed by atoms with E-state index in [9.17, 15) is 9.18 Å². The molecule has 0 saturated carbocycles. The van der Waals surface area contributed by atoms with Gasteiger partial charge in [-0.25, -0.2) is 4.39 Å². The number of ether oxygens (including phenoxy) is 1. The highest BCUT2D eigenvalue weighted by atomic mass is 35.5. The number of rotatable bonds is 5. The van der Waals surface area contributed by atoms with Gasteiger partial charge >= 0.3 is 0 Å². The zero-order valence-corrected chi connectivity index (χ0v) is 15.5. The van der Waals surface area contributed by atoms with Gasteiger partial charge in [0.2, 0.25) is 0 Å². The first-order chi connectivity index (χ1) is 12.5. The number of benzene rings is 1. The van der Waals surface area contributed by atoms with E-state index in [-0.39, 0.29) is 17.6 Å². The van der Waals surface area contributed by atoms with Gasteiger partial charge in [-0.3, -0.25) is 9.78 Å². The van der Waals surface area contributed by atoms with Crippen molar-refractivity contribution in [2.75, 3.05) is 13.1 Å². The third kappa shape index (κ3) is 4.59. The van der Waals surface area contributed by atoms with Crippen LogP contribution in [-0.2, 0) is 16.1 Å². The summed E-state index contributed by atoms with van der Waals surface area (Å²) in [5.74, 6) is -0.172. The number of likely N-dealkylation sites (tertiary alicyclic amines) is 1. The van der Waals surface area contributed by atoms with Crippen LogP contribution in [0.4, 0.5) is 4.39 Å². The molecular formula is C20H22ClFN2O2. The fraction of sp³-hybridized carbons (Fsp3) is 0.400. The third-order valence-corrected chi connectivity index (χ3v) is 5.04. The van der Waals surface area contributed by atoms with Gasteiger partial charge in [0.15, 0.2) is 0 Å². The maximum absolute atomic E-state index is 14.1. The third-order valence-electron chi connectivity index (χ3n) is 4.81. The number of amides is 1. The van der Waals surface area contributed by atoms with Crippen LogP contribution in [0.5, 0.6) is 0 Å². The van der Waals surface area contributed by atoms with Crippen LogP contribution in [-0.4, -0.2) is 35.0 Å². The molecule has 1 fully saturated rings. The van der Waals surface area contributed by atoms with Gasteiger partial charge in [-0.1, -0.05) is 17.7 Å². The van der Waals surface area contributed by atoms with E-state index in [0.29, 0.717) is 30.3 Å². The van der Waals surface area contributed by atoms with Crippen molar-refractivity contribution in [1.29, 1.82) is 0 Å². The molecular weight excluding hydrogens is 355 g/mol. The van der Waals surface area contributed by atoms with Gasteiger partial charge in [-0.05, 0) is 61.1 Å². The van der Waals surface area contributed by atoms with E-state index >= 15 is 0 Å². The SMILES string of the molecule is C[C@@H](OCc1ccncc1)C(=O)N1CCC(c2ccc(Cl)cc2F)CC1. The summed E-state index contributed by atoms with van der Waals surface area (Å²) in [7, 11) is 0. The van der Waals surface area contributed by atoms with E-state index in [1.807, 2.05) is 17.0 Å². The standard InChI is InChI=1S/C20H22ClFN2O2/c1-14(26-13-15-4-8-23-9-5-15)20(25)24-10-6-16(7-11-24)18-3-2-17(21)12-19(18)22/h2-5,8-9,12,14,16H,6-7,10-11,13H2,1H3/t14-/m1/s1. The van der Waals surface area contributed by atoms with E-state index < -0.39 is 6.10 Å². The van der Waals surface area contributed by atoms with Crippen molar-refractivity contribution in [3.63, 3.8) is 0 Å². The summed E-state index contributed by atoms with van der Waals surface area (Å²) < 4.78 is 19.8. The summed E-state index contributed by atoms with van der Waals surface area (Å²) in [6.45, 7) is 3.36. The molecule has 1 aromatic carbocycles. The number of hydrogen-bond acceptors (Lipinski definition) is 3. The Labute approximate surface area is 157 Å². The smallest absolute Gasteiger partial charge is 0.251 e. The normalized spacial score (nSPS) is 16.5. The molecule has 0 bridgehead atoms. The summed E-state index contributed by atoms with van der Waals surface area (Å²) in [5.41, 5.74) is 1.67. The van der Waals surface area contributed by atoms with Crippen LogP contribution in [0.15, 0.2) is 42.7 Å². The van der Waals surface area contributed by atoms with Gasteiger partial charge in [-0.2, -0.15) is 0 Å². The molecule has 2 heterocycles. The number of carbonyl (C=O) groups is 1. The Morgan fingerprint density at radius 2 is 2.00 bits per heavy atom. The highest BCUT2D eigenvalue weighted by molar-refractivity contribution is 6.30. The summed E-state index contributed by atoms with van der Waals surface area (Å²) >= 11 is 5.82. The number of pyridine rings is 1. The molecule has 4 nitrogen and oxygen atoms in total. The minimum atomic E-state index is -0.507. The fourth-order valence-corrected chi connectivity index (χ4v) is 3.43. The van der Waals surface area contributed by atoms with E-state index in [0.717, 1.165) is 18.4 Å². The van der Waals surface area contributed by atoms with Crippen LogP contribution < -0.4 is 0 Å². The lowest BCUT2D eigenvalue weighted by Crippen LogP contribution is -2.43. The zero-order chi connectivity index (χ0) is 18.5. The van der Waals surface area contributed by atoms with Gasteiger partial charge < -0.3 is 9.64 Å². The number of aromatic nitrogens is 1. The molecule has 138 valence electrons. The van der Waals surface area contributed by atoms with Crippen molar-refractivity contribution in [3.8, 4) is 0 Å². The summed E-state index contributed by atoms with van der Waals surface area (Å²) in [4.78, 5) is 18.3. The number of halogens is 2. The lowest BCUT2D eigenvalue weighted by Gasteiger charge is -2.33. The minimum absolute atomic E-state index is 0.0194. The van der Waals surface area contributed by atoms with Gasteiger partial charge in [0.1, 0.15) is 11.9 Å². The molecule has 1 amide bonds. The van der Waals surface area contributed by atoms with Crippen LogP contribution in [0.2, 0.25) is 5.02 Å². The zero-order valence-electron chi connectivity index (χ0n) is 14.7. The van der Waals surface area contributed by atoms with Crippen LogP contribution in [0, 0.1) is 5.82 Å². The second-order valence-corrected chi connectivity index (χ2v) is 7.01. The van der Waals surface area contributed by atoms with Crippen LogP contribution in [0.3, 0.4) is 0 Å². The van der Waals surface area contributed by atoms with Crippen molar-refractivity contribution in [2.45, 2.75) is 38.4 Å². The number of carbonyl (C=O) groups excluding carboxylic acids is 1. The van der Waals surface area contributed by atoms with Crippen LogP contribution in [0.1, 0.15) is 36.8 Å². The fourth-order valence-electron chi connectivity index (χ4n) is 3.27. The molecule has 0 unspecified atom stereocenters. The molecule has 2 aromatic rings. The van der Waals surface area contributed by atoms with Gasteiger partial charge in [0.05, 0.1) is 6.61 Å². The molecule has 1 atom stereocenters. The van der Waals surface area contributed by atoms with E-state index in [1.165, 1.54) is 6.07 Å². The molecule has 0 spiro atoms. The van der Waals surface area contributed by atoms with Crippen LogP contribution in [0.25, 0.3) is 0 Å². The monoisotopic (exact) mass is 376 g/mol. The second kappa shape index (κ2) is 8.60. The van der Waals surface area contributed by atoms with E-state index in [4.69, 9.17) is 16.3 Å². The van der Waals surface area contributed by atoms with Crippen molar-refractivity contribution >= 4 is 17.5 Å². The Kier molecular flexibility index (Phi) is 6.22. The van der Waals surface area contributed by atoms with Crippen molar-refractivity contribution in [3.05, 3.63) is 64.7 Å². The van der Waals surface area contributed by atoms with Gasteiger partial charge in [0, 0.05) is 30.5 Å². The highest BCUT2D eigenvalue weighted by Gasteiger charge is 2.28. The summed E-state index contributed by atoms with van der Waals surface area (Å²) in [6, 6.07) is 8.54. The molecule has 1 aromatic heterocycles. The van der Waals surface area contributed by atoms with Crippen molar-refractivity contribution < 1.29 is 13.9 Å². The largest absolute Gasteiger partial charge is 0.364 e. The van der Waals surface area contributed by atoms with Crippen LogP contribution >= 0.6 is 11.6 Å². The number of hydrogen-bond donors (Lipinski definition) is 0. The van der Waals surface area contributed by atoms with E-state index in [1.54, 1.807) is 31.5 Å². The molecule has 1 aliphatic rings. The number of nitrogens with zero attached hydrogens (tertiary/aromatic N) is 2. The molecule has 1 aliphatic heterocycles. The average Bonchev–Trinajstić information content (AvgIpc) is 2.66. The van der Waals surface area contributed by atoms with Gasteiger partial charge in [-0.15, -0.1) is 0 Å². The van der Waals surface area contributed by atoms with E-state index in [2.05, 4.69) is 4.98 Å². The molecule has 0 N–H and O–H groups in total. The molecule has 3 rings (SSSR count). The Hall–Kier alpha value is -1.98. The highest BCUT2D eigenvalue weighted by Crippen LogP contribution is 2.31. The molecule has 26 heavy (non-hydrogen) atoms. The van der Waals surface area contributed by atoms with Crippen molar-refractivity contribution in [2.24, 2.45) is 0 Å². The molecule has 1 saturated heterocycles. The summed E-state index contributed by atoms with van der Waals surface area (Å²) in [5, 5.41) is 0.402. The lowest BCUT2D eigenvalue weighted by atomic mass is 9.89. The molecule has 0 radical (unpaired) electrons. The average molecular weight is 377 g/mol. The summed E-state index contributed by atoms with van der Waals surface area (Å²) in [6.07, 6.45) is 4.37. The Balaban J connectivity index is 1.51. The predicted molar refractivity (Wildman–Crippen MR) is 98.5 cm³/mol. The predicted octanol–water partition coefficient (Wildman–Crippen LogP) is 4.19. The Bertz CT molecular complexity index is 749. The Morgan fingerprint density at radius 1 is 1.31 bits per heavy atom. The molecule has 6 heteroatoms. The quantitative estimate of drug-likeness (QED) is 0.786. The first-order valence-electron chi connectivity index (χ1n) is 8.79. The minimum Gasteiger partial charge on any atom is -0.364 e. The maximum atomic E-state index is 14.1. The number of piperidine rings is 1. The topological polar surface area (TPSA) is 42.4 Å².